The van der Waals surface area contributed by atoms with Crippen LogP contribution in [0.1, 0.15) is 24.3 Å². The topological polar surface area (TPSA) is 29.5 Å². The van der Waals surface area contributed by atoms with Crippen LogP contribution in [0.3, 0.4) is 0 Å². The lowest BCUT2D eigenvalue weighted by Gasteiger charge is -2.33. The number of rotatable bonds is 4. The van der Waals surface area contributed by atoms with Crippen LogP contribution in [0.5, 0.6) is 0 Å². The van der Waals surface area contributed by atoms with E-state index < -0.39 is 0 Å². The summed E-state index contributed by atoms with van der Waals surface area (Å²) in [7, 11) is 0. The second-order valence-electron chi connectivity index (χ2n) is 5.49. The number of fused-ring (bicyclic) bond motifs is 1. The molecule has 3 nitrogen and oxygen atoms in total. The van der Waals surface area contributed by atoms with Crippen molar-refractivity contribution in [3.8, 4) is 0 Å². The number of likely N-dealkylation sites (tertiary alicyclic amines) is 1. The van der Waals surface area contributed by atoms with E-state index >= 15 is 0 Å². The zero-order valence-corrected chi connectivity index (χ0v) is 13.5. The molecule has 2 aliphatic heterocycles. The van der Waals surface area contributed by atoms with E-state index in [-0.39, 0.29) is 17.9 Å². The molecule has 2 heterocycles. The van der Waals surface area contributed by atoms with Gasteiger partial charge in [-0.25, -0.2) is 0 Å². The van der Waals surface area contributed by atoms with Gasteiger partial charge < -0.3 is 9.64 Å². The first kappa shape index (κ1) is 15.2. The Morgan fingerprint density at radius 1 is 1.33 bits per heavy atom. The molecule has 2 aliphatic rings. The van der Waals surface area contributed by atoms with Gasteiger partial charge >= 0.3 is 0 Å². The van der Waals surface area contributed by atoms with Gasteiger partial charge in [0.05, 0.1) is 18.6 Å². The molecule has 0 aliphatic carbocycles. The summed E-state index contributed by atoms with van der Waals surface area (Å²) in [6.07, 6.45) is 2.10. The number of benzene rings is 1. The number of amides is 1. The summed E-state index contributed by atoms with van der Waals surface area (Å²) in [5.41, 5.74) is 1.20. The molecule has 1 atom stereocenters. The monoisotopic (exact) mass is 325 g/mol. The Bertz CT molecular complexity index is 503. The predicted molar refractivity (Wildman–Crippen MR) is 86.2 cm³/mol. The van der Waals surface area contributed by atoms with Crippen LogP contribution < -0.4 is 0 Å². The predicted octanol–water partition coefficient (Wildman–Crippen LogP) is 3.12. The highest BCUT2D eigenvalue weighted by molar-refractivity contribution is 7.99. The van der Waals surface area contributed by atoms with Crippen molar-refractivity contribution in [1.82, 2.24) is 4.90 Å². The average molecular weight is 326 g/mol. The van der Waals surface area contributed by atoms with E-state index in [0.717, 1.165) is 31.7 Å². The van der Waals surface area contributed by atoms with Crippen molar-refractivity contribution in [3.05, 3.63) is 29.8 Å². The number of ether oxygens (including phenoxy) is 1. The van der Waals surface area contributed by atoms with Crippen LogP contribution in [0.4, 0.5) is 0 Å². The van der Waals surface area contributed by atoms with Gasteiger partial charge in [0.25, 0.3) is 0 Å². The molecule has 3 rings (SSSR count). The van der Waals surface area contributed by atoms with Crippen LogP contribution in [0, 0.1) is 0 Å². The number of thioether (sulfide) groups is 1. The quantitative estimate of drug-likeness (QED) is 0.797. The van der Waals surface area contributed by atoms with Gasteiger partial charge in [-0.05, 0) is 24.5 Å². The minimum absolute atomic E-state index is 0.0338. The normalized spacial score (nSPS) is 22.3. The summed E-state index contributed by atoms with van der Waals surface area (Å²) in [4.78, 5) is 16.0. The molecule has 0 aromatic heterocycles. The van der Waals surface area contributed by atoms with Crippen molar-refractivity contribution in [2.75, 3.05) is 31.3 Å². The van der Waals surface area contributed by atoms with Crippen LogP contribution in [-0.4, -0.2) is 48.2 Å². The van der Waals surface area contributed by atoms with E-state index in [9.17, 15) is 4.79 Å². The van der Waals surface area contributed by atoms with Gasteiger partial charge in [0.1, 0.15) is 0 Å². The average Bonchev–Trinajstić information content (AvgIpc) is 2.97. The van der Waals surface area contributed by atoms with E-state index in [1.807, 2.05) is 17.0 Å². The first-order chi connectivity index (χ1) is 10.3. The Morgan fingerprint density at radius 2 is 2.10 bits per heavy atom. The number of halogens is 1. The van der Waals surface area contributed by atoms with E-state index in [1.54, 1.807) is 11.8 Å². The maximum atomic E-state index is 12.7. The lowest BCUT2D eigenvalue weighted by Crippen LogP contribution is -2.43. The maximum Gasteiger partial charge on any atom is 0.231 e. The summed E-state index contributed by atoms with van der Waals surface area (Å²) >= 11 is 7.44. The smallest absolute Gasteiger partial charge is 0.231 e. The number of carbonyl (C=O) groups is 1. The van der Waals surface area contributed by atoms with E-state index in [4.69, 9.17) is 16.3 Å². The first-order valence-electron chi connectivity index (χ1n) is 7.47. The zero-order chi connectivity index (χ0) is 14.7. The highest BCUT2D eigenvalue weighted by Gasteiger charge is 2.33. The highest BCUT2D eigenvalue weighted by atomic mass is 35.5. The van der Waals surface area contributed by atoms with Crippen LogP contribution in [0.15, 0.2) is 29.2 Å². The standard InChI is InChI=1S/C16H20ClNO2S/c17-7-10-20-12-5-8-18(9-6-12)16(19)14-11-21-15-4-2-1-3-13(14)15/h1-4,12,14H,5-11H2. The van der Waals surface area contributed by atoms with Gasteiger partial charge in [0.15, 0.2) is 0 Å². The van der Waals surface area contributed by atoms with E-state index in [1.165, 1.54) is 10.5 Å². The van der Waals surface area contributed by atoms with Gasteiger partial charge in [-0.3, -0.25) is 4.79 Å². The first-order valence-corrected chi connectivity index (χ1v) is 8.99. The molecule has 21 heavy (non-hydrogen) atoms. The number of nitrogens with zero attached hydrogens (tertiary/aromatic N) is 1. The summed E-state index contributed by atoms with van der Waals surface area (Å²) in [6, 6.07) is 8.27. The SMILES string of the molecule is O=C(C1CSc2ccccc21)N1CCC(OCCCl)CC1. The molecule has 1 fully saturated rings. The molecule has 1 aromatic rings. The Kier molecular flexibility index (Phi) is 5.09. The van der Waals surface area contributed by atoms with Crippen molar-refractivity contribution in [2.45, 2.75) is 29.8 Å². The molecule has 1 amide bonds. The Morgan fingerprint density at radius 3 is 2.86 bits per heavy atom. The summed E-state index contributed by atoms with van der Waals surface area (Å²) in [6.45, 7) is 2.21. The lowest BCUT2D eigenvalue weighted by atomic mass is 9.98. The van der Waals surface area contributed by atoms with Gasteiger partial charge in [-0.1, -0.05) is 18.2 Å². The van der Waals surface area contributed by atoms with Gasteiger partial charge in [-0.2, -0.15) is 0 Å². The van der Waals surface area contributed by atoms with Crippen molar-refractivity contribution in [1.29, 1.82) is 0 Å². The second-order valence-corrected chi connectivity index (χ2v) is 6.93. The molecule has 0 radical (unpaired) electrons. The molecule has 1 saturated heterocycles. The van der Waals surface area contributed by atoms with Crippen molar-refractivity contribution in [2.24, 2.45) is 0 Å². The molecule has 0 N–H and O–H groups in total. The van der Waals surface area contributed by atoms with Gasteiger partial charge in [-0.15, -0.1) is 23.4 Å². The molecule has 0 bridgehead atoms. The van der Waals surface area contributed by atoms with Crippen molar-refractivity contribution in [3.63, 3.8) is 0 Å². The number of carbonyl (C=O) groups excluding carboxylic acids is 1. The summed E-state index contributed by atoms with van der Waals surface area (Å²) in [5.74, 6) is 1.73. The fourth-order valence-electron chi connectivity index (χ4n) is 3.04. The minimum Gasteiger partial charge on any atom is -0.377 e. The molecule has 114 valence electrons. The lowest BCUT2D eigenvalue weighted by molar-refractivity contribution is -0.134. The maximum absolute atomic E-state index is 12.7. The van der Waals surface area contributed by atoms with Crippen molar-refractivity contribution < 1.29 is 9.53 Å². The van der Waals surface area contributed by atoms with Crippen LogP contribution in [-0.2, 0) is 9.53 Å². The third-order valence-electron chi connectivity index (χ3n) is 4.18. The molecule has 1 aromatic carbocycles. The number of piperidine rings is 1. The third kappa shape index (κ3) is 3.38. The molecular weight excluding hydrogens is 306 g/mol. The molecule has 0 spiro atoms. The Balaban J connectivity index is 1.58. The van der Waals surface area contributed by atoms with Crippen LogP contribution >= 0.6 is 23.4 Å². The molecule has 1 unspecified atom stereocenters. The highest BCUT2D eigenvalue weighted by Crippen LogP contribution is 2.40. The Hall–Kier alpha value is -0.710. The van der Waals surface area contributed by atoms with Crippen LogP contribution in [0.2, 0.25) is 0 Å². The number of hydrogen-bond donors (Lipinski definition) is 0. The zero-order valence-electron chi connectivity index (χ0n) is 12.0. The molecular formula is C16H20ClNO2S. The largest absolute Gasteiger partial charge is 0.377 e. The molecule has 5 heteroatoms. The van der Waals surface area contributed by atoms with E-state index in [0.29, 0.717) is 12.5 Å². The number of hydrogen-bond acceptors (Lipinski definition) is 3. The fourth-order valence-corrected chi connectivity index (χ4v) is 4.35. The number of alkyl halides is 1. The summed E-state index contributed by atoms with van der Waals surface area (Å²) in [5, 5.41) is 0. The fraction of sp³-hybridized carbons (Fsp3) is 0.562. The van der Waals surface area contributed by atoms with Crippen molar-refractivity contribution >= 4 is 29.3 Å². The second kappa shape index (κ2) is 7.03. The molecule has 0 saturated carbocycles. The van der Waals surface area contributed by atoms with Gasteiger partial charge in [0, 0.05) is 29.6 Å². The minimum atomic E-state index is 0.0338. The Labute approximate surface area is 135 Å². The van der Waals surface area contributed by atoms with Gasteiger partial charge in [0.2, 0.25) is 5.91 Å². The summed E-state index contributed by atoms with van der Waals surface area (Å²) < 4.78 is 5.67. The van der Waals surface area contributed by atoms with Crippen LogP contribution in [0.25, 0.3) is 0 Å². The third-order valence-corrected chi connectivity index (χ3v) is 5.52. The van der Waals surface area contributed by atoms with E-state index in [2.05, 4.69) is 12.1 Å².